The summed E-state index contributed by atoms with van der Waals surface area (Å²) in [5.41, 5.74) is 12.6. The van der Waals surface area contributed by atoms with E-state index in [0.717, 1.165) is 39.4 Å². The Labute approximate surface area is 218 Å². The Bertz CT molecular complexity index is 1680. The predicted octanol–water partition coefficient (Wildman–Crippen LogP) is 5.10. The minimum Gasteiger partial charge on any atom is -0.366 e. The molecule has 0 spiro atoms. The fraction of sp³-hybridized carbons (Fsp3) is 0.172. The summed E-state index contributed by atoms with van der Waals surface area (Å²) in [4.78, 5) is 37.1. The normalized spacial score (nSPS) is 15.2. The maximum atomic E-state index is 13.8. The lowest BCUT2D eigenvalue weighted by atomic mass is 9.90. The number of nitrogens with zero attached hydrogens (tertiary/aromatic N) is 4. The molecule has 0 fully saturated rings. The van der Waals surface area contributed by atoms with E-state index in [1.807, 2.05) is 62.4 Å². The number of imidazole rings is 1. The Morgan fingerprint density at radius 1 is 1.08 bits per heavy atom. The zero-order valence-corrected chi connectivity index (χ0v) is 21.2. The van der Waals surface area contributed by atoms with Gasteiger partial charge in [-0.15, -0.1) is 0 Å². The Morgan fingerprint density at radius 3 is 2.58 bits per heavy atom. The number of benzene rings is 3. The van der Waals surface area contributed by atoms with E-state index in [1.165, 1.54) is 0 Å². The zero-order chi connectivity index (χ0) is 26.6. The molecule has 0 saturated carbocycles. The minimum atomic E-state index is -0.551. The molecule has 1 aliphatic rings. The number of urea groups is 1. The van der Waals surface area contributed by atoms with Gasteiger partial charge in [0.15, 0.2) is 0 Å². The number of nitrogens with one attached hydrogen (secondary N) is 1. The largest absolute Gasteiger partial charge is 0.366 e. The molecule has 0 saturated heterocycles. The first kappa shape index (κ1) is 23.5. The van der Waals surface area contributed by atoms with Crippen LogP contribution in [0, 0.1) is 13.8 Å². The van der Waals surface area contributed by atoms with Gasteiger partial charge in [-0.25, -0.2) is 9.78 Å². The molecular weight excluding hydrogens is 480 g/mol. The van der Waals surface area contributed by atoms with E-state index in [9.17, 15) is 9.59 Å². The lowest BCUT2D eigenvalue weighted by Crippen LogP contribution is -2.47. The average Bonchev–Trinajstić information content (AvgIpc) is 3.48. The summed E-state index contributed by atoms with van der Waals surface area (Å²) < 4.78 is 5.43. The van der Waals surface area contributed by atoms with Crippen LogP contribution in [0.2, 0.25) is 0 Å². The predicted molar refractivity (Wildman–Crippen MR) is 144 cm³/mol. The highest BCUT2D eigenvalue weighted by Crippen LogP contribution is 2.43. The molecule has 6 rings (SSSR count). The number of hydrogen-bond acceptors (Lipinski definition) is 5. The van der Waals surface area contributed by atoms with Gasteiger partial charge in [0.05, 0.1) is 35.0 Å². The van der Waals surface area contributed by atoms with Crippen molar-refractivity contribution in [1.29, 1.82) is 0 Å². The van der Waals surface area contributed by atoms with Gasteiger partial charge in [0.2, 0.25) is 0 Å². The average molecular weight is 507 g/mol. The second-order valence-corrected chi connectivity index (χ2v) is 9.50. The second-order valence-electron chi connectivity index (χ2n) is 9.50. The van der Waals surface area contributed by atoms with Crippen LogP contribution in [0.1, 0.15) is 44.8 Å². The second kappa shape index (κ2) is 8.88. The molecule has 0 radical (unpaired) electrons. The molecular formula is C29H26N6O3. The van der Waals surface area contributed by atoms with Crippen molar-refractivity contribution >= 4 is 28.7 Å². The van der Waals surface area contributed by atoms with E-state index < -0.39 is 5.91 Å². The number of carbonyl (C=O) groups excluding carboxylic acids is 2. The van der Waals surface area contributed by atoms with Crippen molar-refractivity contribution in [2.75, 3.05) is 11.9 Å². The van der Waals surface area contributed by atoms with Crippen molar-refractivity contribution in [3.8, 4) is 11.1 Å². The number of aromatic nitrogens is 3. The van der Waals surface area contributed by atoms with Crippen LogP contribution in [0.25, 0.3) is 22.2 Å². The van der Waals surface area contributed by atoms with Gasteiger partial charge in [0, 0.05) is 18.2 Å². The summed E-state index contributed by atoms with van der Waals surface area (Å²) in [6.07, 6.45) is 0. The van der Waals surface area contributed by atoms with Crippen molar-refractivity contribution in [2.45, 2.75) is 26.4 Å². The summed E-state index contributed by atoms with van der Waals surface area (Å²) in [7, 11) is 1.77. The van der Waals surface area contributed by atoms with Gasteiger partial charge < -0.3 is 20.1 Å². The third-order valence-electron chi connectivity index (χ3n) is 7.11. The molecule has 3 N–H and O–H groups in total. The van der Waals surface area contributed by atoms with E-state index in [2.05, 4.69) is 21.2 Å². The topological polar surface area (TPSA) is 121 Å². The number of hydrogen-bond donors (Lipinski definition) is 2. The molecule has 1 unspecified atom stereocenters. The molecule has 38 heavy (non-hydrogen) atoms. The van der Waals surface area contributed by atoms with Gasteiger partial charge in [-0.2, -0.15) is 0 Å². The van der Waals surface area contributed by atoms with Crippen LogP contribution >= 0.6 is 0 Å². The number of H-pyrrole nitrogens is 1. The fourth-order valence-electron chi connectivity index (χ4n) is 5.38. The molecule has 190 valence electrons. The van der Waals surface area contributed by atoms with Gasteiger partial charge in [-0.05, 0) is 49.2 Å². The summed E-state index contributed by atoms with van der Waals surface area (Å²) in [5.74, 6) is 0.746. The molecule has 3 amide bonds. The van der Waals surface area contributed by atoms with Crippen molar-refractivity contribution in [2.24, 2.45) is 5.73 Å². The first-order valence-corrected chi connectivity index (χ1v) is 12.3. The minimum absolute atomic E-state index is 0.160. The van der Waals surface area contributed by atoms with E-state index in [1.54, 1.807) is 29.0 Å². The molecule has 1 aliphatic heterocycles. The molecule has 3 heterocycles. The number of nitrogens with two attached hydrogens (primary N) is 1. The van der Waals surface area contributed by atoms with Gasteiger partial charge in [-0.1, -0.05) is 47.6 Å². The molecule has 9 heteroatoms. The molecule has 1 atom stereocenters. The van der Waals surface area contributed by atoms with Crippen molar-refractivity contribution < 1.29 is 14.1 Å². The van der Waals surface area contributed by atoms with Gasteiger partial charge in [0.1, 0.15) is 17.1 Å². The fourth-order valence-corrected chi connectivity index (χ4v) is 5.38. The van der Waals surface area contributed by atoms with Gasteiger partial charge in [-0.3, -0.25) is 9.69 Å². The molecule has 2 aromatic heterocycles. The van der Waals surface area contributed by atoms with Crippen LogP contribution in [0.3, 0.4) is 0 Å². The van der Waals surface area contributed by atoms with E-state index in [0.29, 0.717) is 22.4 Å². The molecule has 0 aliphatic carbocycles. The Balaban J connectivity index is 1.50. The first-order valence-electron chi connectivity index (χ1n) is 12.3. The number of amides is 3. The summed E-state index contributed by atoms with van der Waals surface area (Å²) in [5, 5.41) is 4.12. The van der Waals surface area contributed by atoms with Crippen molar-refractivity contribution in [1.82, 2.24) is 20.0 Å². The number of aromatic amines is 1. The zero-order valence-electron chi connectivity index (χ0n) is 21.2. The number of aryl methyl sites for hydroxylation is 2. The van der Waals surface area contributed by atoms with Crippen LogP contribution in [0.15, 0.2) is 71.3 Å². The SMILES string of the molecule is Cc1noc(C)c1-c1ccc2c(c1)C(c1ccccc1)N(Cc1nc3c(C(N)=O)cccc3[nH]1)C(=O)N2C. The van der Waals surface area contributed by atoms with Gasteiger partial charge in [0.25, 0.3) is 5.91 Å². The number of carbonyl (C=O) groups is 2. The number of para-hydroxylation sites is 1. The number of primary amides is 1. The highest BCUT2D eigenvalue weighted by molar-refractivity contribution is 6.04. The van der Waals surface area contributed by atoms with Crippen LogP contribution in [0.4, 0.5) is 10.5 Å². The molecule has 5 aromatic rings. The number of rotatable bonds is 5. The monoisotopic (exact) mass is 506 g/mol. The van der Waals surface area contributed by atoms with E-state index in [-0.39, 0.29) is 18.6 Å². The number of anilines is 1. The highest BCUT2D eigenvalue weighted by Gasteiger charge is 2.38. The lowest BCUT2D eigenvalue weighted by molar-refractivity contribution is 0.100. The van der Waals surface area contributed by atoms with Crippen LogP contribution in [-0.4, -0.2) is 39.0 Å². The van der Waals surface area contributed by atoms with Crippen molar-refractivity contribution in [3.63, 3.8) is 0 Å². The highest BCUT2D eigenvalue weighted by atomic mass is 16.5. The quantitative estimate of drug-likeness (QED) is 0.344. The molecule has 9 nitrogen and oxygen atoms in total. The van der Waals surface area contributed by atoms with E-state index in [4.69, 9.17) is 10.3 Å². The molecule has 3 aromatic carbocycles. The maximum absolute atomic E-state index is 13.8. The standard InChI is InChI=1S/C29H26N6O3/c1-16-25(17(2)38-33-16)19-12-13-23-21(14-19)27(18-8-5-4-6-9-18)35(29(37)34(23)3)15-24-31-22-11-7-10-20(28(30)36)26(22)32-24/h4-14,27H,15H2,1-3H3,(H2,30,36)(H,31,32). The third-order valence-corrected chi connectivity index (χ3v) is 7.11. The van der Waals surface area contributed by atoms with Crippen LogP contribution in [0.5, 0.6) is 0 Å². The van der Waals surface area contributed by atoms with Crippen LogP contribution < -0.4 is 10.6 Å². The van der Waals surface area contributed by atoms with Crippen LogP contribution in [-0.2, 0) is 6.54 Å². The van der Waals surface area contributed by atoms with Gasteiger partial charge >= 0.3 is 6.03 Å². The lowest BCUT2D eigenvalue weighted by Gasteiger charge is -2.41. The first-order chi connectivity index (χ1) is 18.3. The Kier molecular flexibility index (Phi) is 5.48. The number of fused-ring (bicyclic) bond motifs is 2. The Hall–Kier alpha value is -4.92. The Morgan fingerprint density at radius 2 is 1.87 bits per heavy atom. The maximum Gasteiger partial charge on any atom is 0.325 e. The summed E-state index contributed by atoms with van der Waals surface area (Å²) in [6.45, 7) is 4.02. The molecule has 0 bridgehead atoms. The smallest absolute Gasteiger partial charge is 0.325 e. The summed E-state index contributed by atoms with van der Waals surface area (Å²) >= 11 is 0. The van der Waals surface area contributed by atoms with Crippen molar-refractivity contribution in [3.05, 3.63) is 101 Å². The van der Waals surface area contributed by atoms with E-state index >= 15 is 0 Å². The summed E-state index contributed by atoms with van der Waals surface area (Å²) in [6, 6.07) is 20.7. The third kappa shape index (κ3) is 3.71.